The fraction of sp³-hybridized carbons (Fsp3) is 0.700. The van der Waals surface area contributed by atoms with Gasteiger partial charge in [0.05, 0.1) is 0 Å². The van der Waals surface area contributed by atoms with Crippen LogP contribution in [0.25, 0.3) is 0 Å². The molecule has 1 aliphatic heterocycles. The van der Waals surface area contributed by atoms with Crippen molar-refractivity contribution >= 4 is 35.6 Å². The molecule has 1 saturated heterocycles. The number of rotatable bonds is 5. The summed E-state index contributed by atoms with van der Waals surface area (Å²) in [6.45, 7) is 10.1. The van der Waals surface area contributed by atoms with Crippen LogP contribution < -0.4 is 10.6 Å². The van der Waals surface area contributed by atoms with Crippen LogP contribution in [0.1, 0.15) is 52.5 Å². The van der Waals surface area contributed by atoms with E-state index in [4.69, 9.17) is 0 Å². The van der Waals surface area contributed by atoms with Crippen LogP contribution in [-0.2, 0) is 16.1 Å². The summed E-state index contributed by atoms with van der Waals surface area (Å²) in [5.74, 6) is -0.0459. The van der Waals surface area contributed by atoms with Crippen LogP contribution in [0.4, 0.5) is 0 Å². The lowest BCUT2D eigenvalue weighted by atomic mass is 9.93. The topological polar surface area (TPSA) is 61.4 Å². The number of carbonyl (C=O) groups excluding carboxylic acids is 2. The minimum atomic E-state index is -0.500. The number of piperidine rings is 1. The Kier molecular flexibility index (Phi) is 6.98. The molecule has 2 amide bonds. The molecule has 1 saturated carbocycles. The zero-order chi connectivity index (χ0) is 18.9. The van der Waals surface area contributed by atoms with Crippen LogP contribution in [0.3, 0.4) is 0 Å². The summed E-state index contributed by atoms with van der Waals surface area (Å²) in [5.41, 5.74) is 0.960. The van der Waals surface area contributed by atoms with Gasteiger partial charge < -0.3 is 15.5 Å². The number of nitrogens with zero attached hydrogens (tertiary/aromatic N) is 1. The number of carbonyl (C=O) groups is 2. The SMILES string of the molecule is CC(NC(=O)C(C)(C)C)C(=O)N(Cc1ccsc1)C1CC12CCNCC2.Cl. The Bertz CT molecular complexity index is 651. The predicted octanol–water partition coefficient (Wildman–Crippen LogP) is 3.19. The summed E-state index contributed by atoms with van der Waals surface area (Å²) in [4.78, 5) is 27.6. The molecule has 5 nitrogen and oxygen atoms in total. The maximum absolute atomic E-state index is 13.2. The Morgan fingerprint density at radius 1 is 1.37 bits per heavy atom. The number of halogens is 1. The number of nitrogens with one attached hydrogen (secondary N) is 2. The van der Waals surface area contributed by atoms with E-state index in [2.05, 4.69) is 27.5 Å². The molecule has 7 heteroatoms. The molecule has 1 aromatic rings. The lowest BCUT2D eigenvalue weighted by Crippen LogP contribution is -2.51. The van der Waals surface area contributed by atoms with Gasteiger partial charge in [-0.05, 0) is 67.1 Å². The molecule has 152 valence electrons. The second-order valence-corrected chi connectivity index (χ2v) is 9.66. The van der Waals surface area contributed by atoms with E-state index in [0.717, 1.165) is 32.4 Å². The van der Waals surface area contributed by atoms with Crippen molar-refractivity contribution in [1.29, 1.82) is 0 Å². The standard InChI is InChI=1S/C20H31N3O2S.ClH/c1-14(22-18(25)19(2,3)4)17(24)23(12-15-5-10-26-13-15)16-11-20(16)6-8-21-9-7-20;/h5,10,13-14,16,21H,6-9,11-12H2,1-4H3,(H,22,25);1H. The van der Waals surface area contributed by atoms with Gasteiger partial charge in [0.25, 0.3) is 0 Å². The summed E-state index contributed by atoms with van der Waals surface area (Å²) < 4.78 is 0. The van der Waals surface area contributed by atoms with Crippen molar-refractivity contribution in [2.75, 3.05) is 13.1 Å². The maximum atomic E-state index is 13.2. The molecule has 0 radical (unpaired) electrons. The fourth-order valence-electron chi connectivity index (χ4n) is 3.87. The molecule has 2 heterocycles. The summed E-state index contributed by atoms with van der Waals surface area (Å²) in [6, 6.07) is 1.88. The first-order chi connectivity index (χ1) is 12.2. The van der Waals surface area contributed by atoms with Crippen molar-refractivity contribution < 1.29 is 9.59 Å². The van der Waals surface area contributed by atoms with Crippen LogP contribution in [-0.4, -0.2) is 41.9 Å². The molecule has 2 atom stereocenters. The Balaban J connectivity index is 0.00000261. The highest BCUT2D eigenvalue weighted by atomic mass is 35.5. The summed E-state index contributed by atoms with van der Waals surface area (Å²) in [5, 5.41) is 10.5. The van der Waals surface area contributed by atoms with Crippen molar-refractivity contribution in [2.45, 2.75) is 65.6 Å². The monoisotopic (exact) mass is 413 g/mol. The molecule has 1 aliphatic carbocycles. The van der Waals surface area contributed by atoms with E-state index < -0.39 is 11.5 Å². The molecule has 2 fully saturated rings. The smallest absolute Gasteiger partial charge is 0.245 e. The van der Waals surface area contributed by atoms with Gasteiger partial charge in [0.15, 0.2) is 0 Å². The predicted molar refractivity (Wildman–Crippen MR) is 112 cm³/mol. The normalized spacial score (nSPS) is 21.9. The van der Waals surface area contributed by atoms with E-state index in [1.54, 1.807) is 11.3 Å². The molecule has 2 aliphatic rings. The second-order valence-electron chi connectivity index (χ2n) is 8.88. The quantitative estimate of drug-likeness (QED) is 0.779. The average molecular weight is 414 g/mol. The molecule has 2 unspecified atom stereocenters. The van der Waals surface area contributed by atoms with Crippen molar-refractivity contribution in [1.82, 2.24) is 15.5 Å². The Labute approximate surface area is 172 Å². The lowest BCUT2D eigenvalue weighted by Gasteiger charge is -2.32. The van der Waals surface area contributed by atoms with Crippen molar-refractivity contribution in [3.8, 4) is 0 Å². The molecule has 3 rings (SSSR count). The van der Waals surface area contributed by atoms with E-state index in [-0.39, 0.29) is 29.6 Å². The zero-order valence-corrected chi connectivity index (χ0v) is 18.3. The highest BCUT2D eigenvalue weighted by molar-refractivity contribution is 7.07. The van der Waals surface area contributed by atoms with E-state index in [1.165, 1.54) is 5.56 Å². The third kappa shape index (κ3) is 5.04. The number of thiophene rings is 1. The molecule has 1 aromatic heterocycles. The average Bonchev–Trinajstić information content (AvgIpc) is 3.03. The number of hydrogen-bond donors (Lipinski definition) is 2. The van der Waals surface area contributed by atoms with Crippen molar-refractivity contribution in [3.63, 3.8) is 0 Å². The number of amides is 2. The first-order valence-electron chi connectivity index (χ1n) is 9.56. The minimum Gasteiger partial charge on any atom is -0.344 e. The molecule has 2 N–H and O–H groups in total. The van der Waals surface area contributed by atoms with E-state index in [9.17, 15) is 9.59 Å². The first-order valence-corrected chi connectivity index (χ1v) is 10.5. The molecular formula is C20H32ClN3O2S. The van der Waals surface area contributed by atoms with Crippen LogP contribution >= 0.6 is 23.7 Å². The van der Waals surface area contributed by atoms with Gasteiger partial charge in [0.1, 0.15) is 6.04 Å². The van der Waals surface area contributed by atoms with Gasteiger partial charge >= 0.3 is 0 Å². The van der Waals surface area contributed by atoms with Gasteiger partial charge in [0.2, 0.25) is 11.8 Å². The third-order valence-corrected chi connectivity index (χ3v) is 6.47. The fourth-order valence-corrected chi connectivity index (χ4v) is 4.53. The largest absolute Gasteiger partial charge is 0.344 e. The molecular weight excluding hydrogens is 382 g/mol. The van der Waals surface area contributed by atoms with Crippen molar-refractivity contribution in [3.05, 3.63) is 22.4 Å². The third-order valence-electron chi connectivity index (χ3n) is 5.74. The van der Waals surface area contributed by atoms with Gasteiger partial charge in [-0.1, -0.05) is 20.8 Å². The Morgan fingerprint density at radius 2 is 2.04 bits per heavy atom. The highest BCUT2D eigenvalue weighted by Gasteiger charge is 2.58. The van der Waals surface area contributed by atoms with Gasteiger partial charge in [0, 0.05) is 18.0 Å². The first kappa shape index (κ1) is 22.2. The van der Waals surface area contributed by atoms with Gasteiger partial charge in [-0.2, -0.15) is 11.3 Å². The van der Waals surface area contributed by atoms with E-state index in [0.29, 0.717) is 12.6 Å². The zero-order valence-electron chi connectivity index (χ0n) is 16.7. The van der Waals surface area contributed by atoms with Gasteiger partial charge in [-0.15, -0.1) is 12.4 Å². The molecule has 0 aromatic carbocycles. The Hall–Kier alpha value is -1.11. The molecule has 27 heavy (non-hydrogen) atoms. The van der Waals surface area contributed by atoms with E-state index >= 15 is 0 Å². The maximum Gasteiger partial charge on any atom is 0.245 e. The van der Waals surface area contributed by atoms with Crippen LogP contribution in [0, 0.1) is 10.8 Å². The Morgan fingerprint density at radius 3 is 2.59 bits per heavy atom. The lowest BCUT2D eigenvalue weighted by molar-refractivity contribution is -0.139. The molecule has 0 bridgehead atoms. The summed E-state index contributed by atoms with van der Waals surface area (Å²) in [6.07, 6.45) is 3.35. The second kappa shape index (κ2) is 8.50. The highest BCUT2D eigenvalue weighted by Crippen LogP contribution is 2.56. The van der Waals surface area contributed by atoms with Crippen LogP contribution in [0.5, 0.6) is 0 Å². The van der Waals surface area contributed by atoms with Crippen molar-refractivity contribution in [2.24, 2.45) is 10.8 Å². The summed E-state index contributed by atoms with van der Waals surface area (Å²) >= 11 is 1.66. The minimum absolute atomic E-state index is 0. The molecule has 1 spiro atoms. The van der Waals surface area contributed by atoms with Crippen LogP contribution in [0.2, 0.25) is 0 Å². The van der Waals surface area contributed by atoms with Crippen LogP contribution in [0.15, 0.2) is 16.8 Å². The van der Waals surface area contributed by atoms with Gasteiger partial charge in [-0.3, -0.25) is 9.59 Å². The number of hydrogen-bond acceptors (Lipinski definition) is 4. The van der Waals surface area contributed by atoms with E-state index in [1.807, 2.05) is 32.6 Å². The van der Waals surface area contributed by atoms with Gasteiger partial charge in [-0.25, -0.2) is 0 Å². The summed E-state index contributed by atoms with van der Waals surface area (Å²) in [7, 11) is 0.